The second-order valence-corrected chi connectivity index (χ2v) is 8.56. The summed E-state index contributed by atoms with van der Waals surface area (Å²) in [6.45, 7) is 2.24. The minimum absolute atomic E-state index is 0.145. The predicted molar refractivity (Wildman–Crippen MR) is 87.5 cm³/mol. The van der Waals surface area contributed by atoms with Crippen LogP contribution in [-0.2, 0) is 20.3 Å². The van der Waals surface area contributed by atoms with E-state index in [2.05, 4.69) is 4.90 Å². The highest BCUT2D eigenvalue weighted by Gasteiger charge is 2.34. The Kier molecular flexibility index (Phi) is 5.16. The number of morpholine rings is 1. The molecule has 1 aliphatic heterocycles. The zero-order valence-electron chi connectivity index (χ0n) is 13.0. The summed E-state index contributed by atoms with van der Waals surface area (Å²) in [6, 6.07) is 9.87. The molecule has 122 valence electrons. The fraction of sp³-hybridized carbons (Fsp3) is 0.647. The molecule has 22 heavy (non-hydrogen) atoms. The van der Waals surface area contributed by atoms with Gasteiger partial charge in [-0.05, 0) is 18.4 Å². The first-order valence-electron chi connectivity index (χ1n) is 8.24. The summed E-state index contributed by atoms with van der Waals surface area (Å²) in [5.41, 5.74) is 0.875. The van der Waals surface area contributed by atoms with E-state index in [1.807, 2.05) is 30.3 Å². The van der Waals surface area contributed by atoms with Gasteiger partial charge in [-0.15, -0.1) is 0 Å². The van der Waals surface area contributed by atoms with Gasteiger partial charge < -0.3 is 4.74 Å². The second kappa shape index (κ2) is 7.11. The molecule has 0 spiro atoms. The maximum absolute atomic E-state index is 12.3. The number of nitrogens with zero attached hydrogens (tertiary/aromatic N) is 1. The summed E-state index contributed by atoms with van der Waals surface area (Å²) in [4.78, 5) is 2.34. The van der Waals surface area contributed by atoms with Gasteiger partial charge in [0.1, 0.15) is 0 Å². The van der Waals surface area contributed by atoms with Crippen molar-refractivity contribution in [1.82, 2.24) is 4.90 Å². The molecule has 1 saturated carbocycles. The molecule has 2 fully saturated rings. The van der Waals surface area contributed by atoms with E-state index >= 15 is 0 Å². The number of sulfone groups is 1. The second-order valence-electron chi connectivity index (χ2n) is 6.37. The highest BCUT2D eigenvalue weighted by molar-refractivity contribution is 7.90. The smallest absolute Gasteiger partial charge is 0.155 e. The number of hydrogen-bond donors (Lipinski definition) is 0. The van der Waals surface area contributed by atoms with Gasteiger partial charge in [0.25, 0.3) is 0 Å². The van der Waals surface area contributed by atoms with Crippen LogP contribution in [0.4, 0.5) is 0 Å². The number of rotatable bonds is 5. The Labute approximate surface area is 133 Å². The van der Waals surface area contributed by atoms with Crippen molar-refractivity contribution in [3.63, 3.8) is 0 Å². The molecule has 1 aromatic carbocycles. The van der Waals surface area contributed by atoms with Crippen LogP contribution < -0.4 is 0 Å². The molecule has 0 aromatic heterocycles. The third-order valence-corrected chi connectivity index (χ3v) is 6.34. The Bertz CT molecular complexity index is 571. The molecule has 2 atom stereocenters. The fourth-order valence-electron chi connectivity index (χ4n) is 3.61. The Hall–Kier alpha value is -0.910. The van der Waals surface area contributed by atoms with Crippen molar-refractivity contribution in [3.05, 3.63) is 35.9 Å². The maximum atomic E-state index is 12.3. The average molecular weight is 323 g/mol. The molecular weight excluding hydrogens is 298 g/mol. The lowest BCUT2D eigenvalue weighted by atomic mass is 9.90. The van der Waals surface area contributed by atoms with E-state index in [0.29, 0.717) is 18.7 Å². The summed E-state index contributed by atoms with van der Waals surface area (Å²) in [7, 11) is -3.05. The van der Waals surface area contributed by atoms with Crippen molar-refractivity contribution in [3.8, 4) is 0 Å². The van der Waals surface area contributed by atoms with Crippen LogP contribution in [0.3, 0.4) is 0 Å². The molecule has 2 unspecified atom stereocenters. The van der Waals surface area contributed by atoms with Crippen LogP contribution in [0.5, 0.6) is 0 Å². The van der Waals surface area contributed by atoms with E-state index in [1.54, 1.807) is 0 Å². The third-order valence-electron chi connectivity index (χ3n) is 4.77. The van der Waals surface area contributed by atoms with Gasteiger partial charge in [-0.3, -0.25) is 4.90 Å². The molecule has 3 rings (SSSR count). The van der Waals surface area contributed by atoms with Gasteiger partial charge in [-0.25, -0.2) is 8.42 Å². The first-order valence-corrected chi connectivity index (χ1v) is 10.1. The average Bonchev–Trinajstić information content (AvgIpc) is 2.53. The standard InChI is InChI=1S/C17H25NO3S/c19-22(20,14-15-6-2-1-3-7-15)13-11-18-10-12-21-17-9-5-4-8-16(17)18/h1-3,6-7,16-17H,4-5,8-14H2. The topological polar surface area (TPSA) is 46.6 Å². The molecule has 0 radical (unpaired) electrons. The normalized spacial score (nSPS) is 26.5. The zero-order valence-corrected chi connectivity index (χ0v) is 13.8. The molecule has 1 heterocycles. The van der Waals surface area contributed by atoms with Gasteiger partial charge in [0.05, 0.1) is 24.2 Å². The fourth-order valence-corrected chi connectivity index (χ4v) is 4.97. The van der Waals surface area contributed by atoms with Gasteiger partial charge in [-0.1, -0.05) is 43.2 Å². The number of benzene rings is 1. The van der Waals surface area contributed by atoms with Gasteiger partial charge in [0.15, 0.2) is 9.84 Å². The highest BCUT2D eigenvalue weighted by atomic mass is 32.2. The SMILES string of the molecule is O=S(=O)(CCN1CCOC2CCCCC21)Cc1ccccc1. The molecule has 0 bridgehead atoms. The maximum Gasteiger partial charge on any atom is 0.155 e. The molecular formula is C17H25NO3S. The van der Waals surface area contributed by atoms with Crippen molar-refractivity contribution in [1.29, 1.82) is 0 Å². The van der Waals surface area contributed by atoms with Gasteiger partial charge >= 0.3 is 0 Å². The van der Waals surface area contributed by atoms with Crippen molar-refractivity contribution in [2.24, 2.45) is 0 Å². The first kappa shape index (κ1) is 16.0. The van der Waals surface area contributed by atoms with Crippen LogP contribution in [0.1, 0.15) is 31.2 Å². The van der Waals surface area contributed by atoms with E-state index in [1.165, 1.54) is 12.8 Å². The van der Waals surface area contributed by atoms with Gasteiger partial charge in [-0.2, -0.15) is 0 Å². The first-order chi connectivity index (χ1) is 10.6. The summed E-state index contributed by atoms with van der Waals surface area (Å²) < 4.78 is 30.5. The van der Waals surface area contributed by atoms with Crippen molar-refractivity contribution < 1.29 is 13.2 Å². The summed E-state index contributed by atoms with van der Waals surface area (Å²) >= 11 is 0. The van der Waals surface area contributed by atoms with Crippen LogP contribution in [0, 0.1) is 0 Å². The molecule has 0 amide bonds. The van der Waals surface area contributed by atoms with E-state index in [-0.39, 0.29) is 11.5 Å². The molecule has 0 N–H and O–H groups in total. The predicted octanol–water partition coefficient (Wildman–Crippen LogP) is 2.24. The Morgan fingerprint density at radius 2 is 1.91 bits per heavy atom. The van der Waals surface area contributed by atoms with Gasteiger partial charge in [0, 0.05) is 19.1 Å². The van der Waals surface area contributed by atoms with E-state index in [0.717, 1.165) is 31.6 Å². The zero-order chi connectivity index (χ0) is 15.4. The monoisotopic (exact) mass is 323 g/mol. The largest absolute Gasteiger partial charge is 0.375 e. The lowest BCUT2D eigenvalue weighted by molar-refractivity contribution is -0.0859. The Morgan fingerprint density at radius 1 is 1.14 bits per heavy atom. The third kappa shape index (κ3) is 4.09. The lowest BCUT2D eigenvalue weighted by Gasteiger charge is -2.43. The number of hydrogen-bond acceptors (Lipinski definition) is 4. The lowest BCUT2D eigenvalue weighted by Crippen LogP contribution is -2.53. The highest BCUT2D eigenvalue weighted by Crippen LogP contribution is 2.28. The van der Waals surface area contributed by atoms with Crippen LogP contribution in [0.15, 0.2) is 30.3 Å². The summed E-state index contributed by atoms with van der Waals surface area (Å²) in [6.07, 6.45) is 5.06. The summed E-state index contributed by atoms with van der Waals surface area (Å²) in [5.74, 6) is 0.386. The van der Waals surface area contributed by atoms with Crippen molar-refractivity contribution >= 4 is 9.84 Å². The molecule has 5 heteroatoms. The number of fused-ring (bicyclic) bond motifs is 1. The van der Waals surface area contributed by atoms with Crippen LogP contribution in [-0.4, -0.2) is 50.9 Å². The van der Waals surface area contributed by atoms with Crippen molar-refractivity contribution in [2.45, 2.75) is 43.6 Å². The molecule has 2 aliphatic rings. The molecule has 4 nitrogen and oxygen atoms in total. The minimum atomic E-state index is -3.05. The van der Waals surface area contributed by atoms with Crippen LogP contribution in [0.2, 0.25) is 0 Å². The van der Waals surface area contributed by atoms with Crippen molar-refractivity contribution in [2.75, 3.05) is 25.4 Å². The van der Waals surface area contributed by atoms with E-state index in [9.17, 15) is 8.42 Å². The van der Waals surface area contributed by atoms with E-state index < -0.39 is 9.84 Å². The van der Waals surface area contributed by atoms with Crippen LogP contribution in [0.25, 0.3) is 0 Å². The quantitative estimate of drug-likeness (QED) is 0.834. The Morgan fingerprint density at radius 3 is 2.73 bits per heavy atom. The minimum Gasteiger partial charge on any atom is -0.375 e. The molecule has 1 aliphatic carbocycles. The molecule has 1 saturated heterocycles. The van der Waals surface area contributed by atoms with Gasteiger partial charge in [0.2, 0.25) is 0 Å². The number of ether oxygens (including phenoxy) is 1. The van der Waals surface area contributed by atoms with E-state index in [4.69, 9.17) is 4.74 Å². The Balaban J connectivity index is 1.56. The molecule has 1 aromatic rings. The van der Waals surface area contributed by atoms with Crippen LogP contribution >= 0.6 is 0 Å². The summed E-state index contributed by atoms with van der Waals surface area (Å²) in [5, 5.41) is 0.